The first kappa shape index (κ1) is 14.5. The highest BCUT2D eigenvalue weighted by Gasteiger charge is 2.14. The van der Waals surface area contributed by atoms with Crippen LogP contribution >= 0.6 is 15.9 Å². The molecular formula is C14H10BrF2NO2. The van der Waals surface area contributed by atoms with Gasteiger partial charge < -0.3 is 10.1 Å². The molecule has 0 aliphatic heterocycles. The summed E-state index contributed by atoms with van der Waals surface area (Å²) in [5.41, 5.74) is 0.143. The average Bonchev–Trinajstić information content (AvgIpc) is 2.38. The molecule has 2 aromatic rings. The van der Waals surface area contributed by atoms with Crippen LogP contribution in [0.2, 0.25) is 0 Å². The van der Waals surface area contributed by atoms with Crippen molar-refractivity contribution >= 4 is 27.5 Å². The molecule has 0 aliphatic rings. The van der Waals surface area contributed by atoms with Crippen LogP contribution in [-0.4, -0.2) is 13.0 Å². The second-order valence-electron chi connectivity index (χ2n) is 3.92. The van der Waals surface area contributed by atoms with Gasteiger partial charge >= 0.3 is 0 Å². The summed E-state index contributed by atoms with van der Waals surface area (Å²) in [5.74, 6) is -1.90. The van der Waals surface area contributed by atoms with Crippen molar-refractivity contribution in [1.82, 2.24) is 0 Å². The molecule has 0 aliphatic carbocycles. The molecular weight excluding hydrogens is 332 g/mol. The number of carbonyl (C=O) groups excluding carboxylic acids is 1. The van der Waals surface area contributed by atoms with E-state index in [1.165, 1.54) is 7.11 Å². The molecule has 0 heterocycles. The summed E-state index contributed by atoms with van der Waals surface area (Å²) in [6, 6.07) is 7.79. The van der Waals surface area contributed by atoms with Crippen molar-refractivity contribution in [2.75, 3.05) is 12.4 Å². The predicted molar refractivity (Wildman–Crippen MR) is 75.0 cm³/mol. The fourth-order valence-corrected chi connectivity index (χ4v) is 2.00. The van der Waals surface area contributed by atoms with Crippen molar-refractivity contribution in [2.45, 2.75) is 0 Å². The molecule has 2 rings (SSSR count). The van der Waals surface area contributed by atoms with E-state index in [1.54, 1.807) is 18.2 Å². The van der Waals surface area contributed by atoms with Crippen LogP contribution in [0.1, 0.15) is 10.4 Å². The van der Waals surface area contributed by atoms with E-state index in [0.717, 1.165) is 16.6 Å². The van der Waals surface area contributed by atoms with E-state index >= 15 is 0 Å². The van der Waals surface area contributed by atoms with E-state index in [1.807, 2.05) is 0 Å². The fraction of sp³-hybridized carbons (Fsp3) is 0.0714. The van der Waals surface area contributed by atoms with Gasteiger partial charge in [-0.3, -0.25) is 4.79 Å². The Labute approximate surface area is 122 Å². The minimum absolute atomic E-state index is 0.242. The second kappa shape index (κ2) is 6.00. The molecule has 0 atom stereocenters. The lowest BCUT2D eigenvalue weighted by Crippen LogP contribution is -2.14. The van der Waals surface area contributed by atoms with Crippen LogP contribution in [0.4, 0.5) is 14.5 Å². The molecule has 0 unspecified atom stereocenters. The number of nitrogens with one attached hydrogen (secondary N) is 1. The van der Waals surface area contributed by atoms with Gasteiger partial charge in [-0.25, -0.2) is 8.78 Å². The highest BCUT2D eigenvalue weighted by molar-refractivity contribution is 9.10. The van der Waals surface area contributed by atoms with Crippen LogP contribution in [0.5, 0.6) is 5.75 Å². The quantitative estimate of drug-likeness (QED) is 0.916. The Morgan fingerprint density at radius 1 is 1.20 bits per heavy atom. The molecule has 0 aromatic heterocycles. The first-order valence-corrected chi connectivity index (χ1v) is 6.40. The third-order valence-electron chi connectivity index (χ3n) is 2.59. The number of benzene rings is 2. The summed E-state index contributed by atoms with van der Waals surface area (Å²) in [6.07, 6.45) is 0. The Balaban J connectivity index is 2.30. The van der Waals surface area contributed by atoms with Crippen molar-refractivity contribution in [3.05, 3.63) is 58.1 Å². The van der Waals surface area contributed by atoms with Gasteiger partial charge in [0.05, 0.1) is 18.4 Å². The Morgan fingerprint density at radius 3 is 2.60 bits per heavy atom. The third-order valence-corrected chi connectivity index (χ3v) is 3.08. The monoisotopic (exact) mass is 341 g/mol. The summed E-state index contributed by atoms with van der Waals surface area (Å²) >= 11 is 3.27. The molecule has 3 nitrogen and oxygen atoms in total. The lowest BCUT2D eigenvalue weighted by Gasteiger charge is -2.11. The third kappa shape index (κ3) is 3.14. The van der Waals surface area contributed by atoms with Crippen molar-refractivity contribution in [2.24, 2.45) is 0 Å². The van der Waals surface area contributed by atoms with Crippen LogP contribution in [0.3, 0.4) is 0 Å². The van der Waals surface area contributed by atoms with Gasteiger partial charge in [0.15, 0.2) is 0 Å². The topological polar surface area (TPSA) is 38.3 Å². The maximum Gasteiger partial charge on any atom is 0.258 e. The number of methoxy groups -OCH3 is 1. The van der Waals surface area contributed by atoms with E-state index in [9.17, 15) is 13.6 Å². The van der Waals surface area contributed by atoms with Gasteiger partial charge in [-0.15, -0.1) is 0 Å². The summed E-state index contributed by atoms with van der Waals surface area (Å²) in [5, 5.41) is 2.52. The largest absolute Gasteiger partial charge is 0.495 e. The smallest absolute Gasteiger partial charge is 0.258 e. The molecule has 1 N–H and O–H groups in total. The molecule has 2 aromatic carbocycles. The van der Waals surface area contributed by atoms with Crippen molar-refractivity contribution in [1.29, 1.82) is 0 Å². The molecule has 0 radical (unpaired) electrons. The van der Waals surface area contributed by atoms with E-state index in [-0.39, 0.29) is 5.56 Å². The number of amides is 1. The van der Waals surface area contributed by atoms with Gasteiger partial charge in [0.2, 0.25) is 0 Å². The minimum atomic E-state index is -0.920. The summed E-state index contributed by atoms with van der Waals surface area (Å²) < 4.78 is 32.2. The molecule has 20 heavy (non-hydrogen) atoms. The highest BCUT2D eigenvalue weighted by Crippen LogP contribution is 2.28. The summed E-state index contributed by atoms with van der Waals surface area (Å²) in [6.45, 7) is 0. The standard InChI is InChI=1S/C14H10BrF2NO2/c1-20-13-5-2-8(15)6-12(13)18-14(19)10-4-3-9(16)7-11(10)17/h2-7H,1H3,(H,18,19). The number of carbonyl (C=O) groups is 1. The number of halogens is 3. The number of ether oxygens (including phenoxy) is 1. The second-order valence-corrected chi connectivity index (χ2v) is 4.84. The Bertz CT molecular complexity index is 662. The summed E-state index contributed by atoms with van der Waals surface area (Å²) in [7, 11) is 1.46. The molecule has 0 spiro atoms. The maximum atomic E-state index is 13.5. The van der Waals surface area contributed by atoms with Crippen molar-refractivity contribution in [3.8, 4) is 5.75 Å². The first-order valence-electron chi connectivity index (χ1n) is 5.61. The molecule has 0 fully saturated rings. The Hall–Kier alpha value is -1.95. The number of hydrogen-bond acceptors (Lipinski definition) is 2. The molecule has 6 heteroatoms. The minimum Gasteiger partial charge on any atom is -0.495 e. The van der Waals surface area contributed by atoms with Crippen LogP contribution in [0.25, 0.3) is 0 Å². The van der Waals surface area contributed by atoms with Gasteiger partial charge in [-0.1, -0.05) is 15.9 Å². The summed E-state index contributed by atoms with van der Waals surface area (Å²) in [4.78, 5) is 12.0. The average molecular weight is 342 g/mol. The molecule has 104 valence electrons. The zero-order valence-electron chi connectivity index (χ0n) is 10.4. The number of anilines is 1. The SMILES string of the molecule is COc1ccc(Br)cc1NC(=O)c1ccc(F)cc1F. The lowest BCUT2D eigenvalue weighted by atomic mass is 10.2. The van der Waals surface area contributed by atoms with Gasteiger partial charge in [0.25, 0.3) is 5.91 Å². The molecule has 1 amide bonds. The molecule has 0 saturated carbocycles. The molecule has 0 saturated heterocycles. The van der Waals surface area contributed by atoms with E-state index in [0.29, 0.717) is 17.5 Å². The van der Waals surface area contributed by atoms with Crippen LogP contribution in [0.15, 0.2) is 40.9 Å². The zero-order valence-corrected chi connectivity index (χ0v) is 12.0. The van der Waals surface area contributed by atoms with E-state index < -0.39 is 17.5 Å². The van der Waals surface area contributed by atoms with E-state index in [4.69, 9.17) is 4.74 Å². The Morgan fingerprint density at radius 2 is 1.95 bits per heavy atom. The van der Waals surface area contributed by atoms with Crippen LogP contribution in [-0.2, 0) is 0 Å². The first-order chi connectivity index (χ1) is 9.51. The molecule has 0 bridgehead atoms. The van der Waals surface area contributed by atoms with Gasteiger partial charge in [-0.2, -0.15) is 0 Å². The zero-order chi connectivity index (χ0) is 14.7. The van der Waals surface area contributed by atoms with Gasteiger partial charge in [-0.05, 0) is 30.3 Å². The number of hydrogen-bond donors (Lipinski definition) is 1. The lowest BCUT2D eigenvalue weighted by molar-refractivity contribution is 0.102. The highest BCUT2D eigenvalue weighted by atomic mass is 79.9. The van der Waals surface area contributed by atoms with Gasteiger partial charge in [0.1, 0.15) is 17.4 Å². The van der Waals surface area contributed by atoms with Crippen LogP contribution in [0, 0.1) is 11.6 Å². The Kier molecular flexibility index (Phi) is 4.34. The normalized spacial score (nSPS) is 10.2. The number of rotatable bonds is 3. The van der Waals surface area contributed by atoms with Crippen molar-refractivity contribution < 1.29 is 18.3 Å². The maximum absolute atomic E-state index is 13.5. The predicted octanol–water partition coefficient (Wildman–Crippen LogP) is 3.99. The van der Waals surface area contributed by atoms with Crippen molar-refractivity contribution in [3.63, 3.8) is 0 Å². The van der Waals surface area contributed by atoms with Gasteiger partial charge in [0, 0.05) is 10.5 Å². The fourth-order valence-electron chi connectivity index (χ4n) is 1.64. The van der Waals surface area contributed by atoms with E-state index in [2.05, 4.69) is 21.2 Å². The van der Waals surface area contributed by atoms with Crippen LogP contribution < -0.4 is 10.1 Å².